The lowest BCUT2D eigenvalue weighted by Crippen LogP contribution is -2.51. The van der Waals surface area contributed by atoms with Gasteiger partial charge in [0.1, 0.15) is 13.2 Å². The molecule has 5 rings (SSSR count). The SMILES string of the molecule is CCOc1cc(/C=C2/SC(=O)N(CC(=O)N3CCN(c4ccccc4)CC3)C2=O)cc(I)c1OCc1ccccc1. The number of benzene rings is 3. The monoisotopic (exact) mass is 683 g/mol. The van der Waals surface area contributed by atoms with Crippen LogP contribution in [-0.4, -0.2) is 66.2 Å². The Morgan fingerprint density at radius 3 is 2.32 bits per heavy atom. The molecule has 2 heterocycles. The van der Waals surface area contributed by atoms with Gasteiger partial charge in [0.15, 0.2) is 11.5 Å². The second kappa shape index (κ2) is 13.4. The van der Waals surface area contributed by atoms with Gasteiger partial charge >= 0.3 is 0 Å². The highest BCUT2D eigenvalue weighted by molar-refractivity contribution is 14.1. The van der Waals surface area contributed by atoms with Crippen LogP contribution in [0.4, 0.5) is 10.5 Å². The van der Waals surface area contributed by atoms with Crippen LogP contribution < -0.4 is 14.4 Å². The molecule has 0 radical (unpaired) electrons. The summed E-state index contributed by atoms with van der Waals surface area (Å²) in [6.45, 7) is 4.94. The van der Waals surface area contributed by atoms with E-state index in [0.717, 1.165) is 31.5 Å². The molecular weight excluding hydrogens is 653 g/mol. The number of thioether (sulfide) groups is 1. The average molecular weight is 684 g/mol. The lowest BCUT2D eigenvalue weighted by atomic mass is 10.1. The minimum atomic E-state index is -0.464. The first-order chi connectivity index (χ1) is 19.9. The first kappa shape index (κ1) is 29.0. The number of nitrogens with zero attached hydrogens (tertiary/aromatic N) is 3. The van der Waals surface area contributed by atoms with E-state index in [0.29, 0.717) is 56.5 Å². The van der Waals surface area contributed by atoms with E-state index >= 15 is 0 Å². The number of hydrogen-bond donors (Lipinski definition) is 0. The van der Waals surface area contributed by atoms with Crippen molar-refractivity contribution in [3.05, 3.63) is 92.4 Å². The first-order valence-electron chi connectivity index (χ1n) is 13.4. The number of carbonyl (C=O) groups is 3. The third-order valence-electron chi connectivity index (χ3n) is 6.78. The van der Waals surface area contributed by atoms with Crippen molar-refractivity contribution in [3.8, 4) is 11.5 Å². The smallest absolute Gasteiger partial charge is 0.294 e. The molecule has 0 saturated carbocycles. The van der Waals surface area contributed by atoms with Gasteiger partial charge < -0.3 is 19.3 Å². The Balaban J connectivity index is 1.24. The number of hydrogen-bond acceptors (Lipinski definition) is 7. The number of ether oxygens (including phenoxy) is 2. The fourth-order valence-corrected chi connectivity index (χ4v) is 6.30. The Morgan fingerprint density at radius 2 is 1.63 bits per heavy atom. The van der Waals surface area contributed by atoms with E-state index in [1.165, 1.54) is 0 Å². The number of carbonyl (C=O) groups excluding carboxylic acids is 3. The molecule has 41 heavy (non-hydrogen) atoms. The van der Waals surface area contributed by atoms with Gasteiger partial charge in [-0.2, -0.15) is 0 Å². The number of amides is 3. The van der Waals surface area contributed by atoms with Crippen LogP contribution in [0.25, 0.3) is 6.08 Å². The van der Waals surface area contributed by atoms with Crippen molar-refractivity contribution in [3.63, 3.8) is 0 Å². The standard InChI is InChI=1S/C31H30IN3O5S/c1-2-39-26-18-23(17-25(32)29(26)40-21-22-9-5-3-6-10-22)19-27-30(37)35(31(38)41-27)20-28(36)34-15-13-33(14-16-34)24-11-7-4-8-12-24/h3-12,17-19H,2,13-16,20-21H2,1H3/b27-19+. The van der Waals surface area contributed by atoms with Gasteiger partial charge in [0.25, 0.3) is 11.1 Å². The van der Waals surface area contributed by atoms with Crippen LogP contribution in [0.15, 0.2) is 77.7 Å². The van der Waals surface area contributed by atoms with Crippen LogP contribution in [0.3, 0.4) is 0 Å². The maximum absolute atomic E-state index is 13.2. The molecule has 3 aromatic carbocycles. The molecule has 2 saturated heterocycles. The van der Waals surface area contributed by atoms with Crippen molar-refractivity contribution in [1.82, 2.24) is 9.80 Å². The molecular formula is C31H30IN3O5S. The van der Waals surface area contributed by atoms with Crippen LogP contribution >= 0.6 is 34.4 Å². The van der Waals surface area contributed by atoms with Crippen LogP contribution in [0.2, 0.25) is 0 Å². The number of piperazine rings is 1. The van der Waals surface area contributed by atoms with Crippen LogP contribution in [0.1, 0.15) is 18.1 Å². The molecule has 0 aromatic heterocycles. The van der Waals surface area contributed by atoms with Crippen molar-refractivity contribution >= 4 is 63.2 Å². The van der Waals surface area contributed by atoms with Crippen molar-refractivity contribution in [2.75, 3.05) is 44.2 Å². The summed E-state index contributed by atoms with van der Waals surface area (Å²) >= 11 is 3.03. The van der Waals surface area contributed by atoms with Gasteiger partial charge in [-0.05, 0) is 82.7 Å². The highest BCUT2D eigenvalue weighted by Crippen LogP contribution is 2.38. The molecule has 2 aliphatic rings. The molecule has 2 aliphatic heterocycles. The third kappa shape index (κ3) is 7.05. The van der Waals surface area contributed by atoms with Gasteiger partial charge in [0.05, 0.1) is 15.1 Å². The molecule has 0 N–H and O–H groups in total. The topological polar surface area (TPSA) is 79.4 Å². The van der Waals surface area contributed by atoms with Crippen molar-refractivity contribution in [1.29, 1.82) is 0 Å². The van der Waals surface area contributed by atoms with Crippen LogP contribution in [0.5, 0.6) is 11.5 Å². The summed E-state index contributed by atoms with van der Waals surface area (Å²) in [4.78, 5) is 44.2. The van der Waals surface area contributed by atoms with E-state index in [9.17, 15) is 14.4 Å². The molecule has 0 spiro atoms. The van der Waals surface area contributed by atoms with Gasteiger partial charge in [-0.1, -0.05) is 48.5 Å². The van der Waals surface area contributed by atoms with E-state index < -0.39 is 11.1 Å². The number of para-hydroxylation sites is 1. The Kier molecular flexibility index (Phi) is 9.50. The van der Waals surface area contributed by atoms with Crippen molar-refractivity contribution in [2.24, 2.45) is 0 Å². The zero-order valence-corrected chi connectivity index (χ0v) is 25.6. The van der Waals surface area contributed by atoms with E-state index in [-0.39, 0.29) is 17.4 Å². The largest absolute Gasteiger partial charge is 0.490 e. The molecule has 0 unspecified atom stereocenters. The number of anilines is 1. The second-order valence-electron chi connectivity index (χ2n) is 9.51. The summed E-state index contributed by atoms with van der Waals surface area (Å²) in [5.41, 5.74) is 2.86. The van der Waals surface area contributed by atoms with E-state index in [4.69, 9.17) is 9.47 Å². The zero-order chi connectivity index (χ0) is 28.8. The fourth-order valence-electron chi connectivity index (χ4n) is 4.68. The summed E-state index contributed by atoms with van der Waals surface area (Å²) in [6, 6.07) is 23.6. The predicted octanol–water partition coefficient (Wildman–Crippen LogP) is 5.65. The molecule has 212 valence electrons. The molecule has 10 heteroatoms. The first-order valence-corrected chi connectivity index (χ1v) is 15.3. The molecule has 3 amide bonds. The Hall–Kier alpha value is -3.51. The van der Waals surface area contributed by atoms with Gasteiger partial charge in [-0.25, -0.2) is 0 Å². The summed E-state index contributed by atoms with van der Waals surface area (Å²) in [5.74, 6) is 0.494. The average Bonchev–Trinajstić information content (AvgIpc) is 3.25. The Labute approximate surface area is 257 Å². The number of rotatable bonds is 9. The Bertz CT molecular complexity index is 1440. The van der Waals surface area contributed by atoms with E-state index in [1.807, 2.05) is 73.7 Å². The molecule has 3 aromatic rings. The van der Waals surface area contributed by atoms with Gasteiger partial charge in [-0.15, -0.1) is 0 Å². The summed E-state index contributed by atoms with van der Waals surface area (Å²) < 4.78 is 12.8. The van der Waals surface area contributed by atoms with Gasteiger partial charge in [0.2, 0.25) is 5.91 Å². The zero-order valence-electron chi connectivity index (χ0n) is 22.6. The van der Waals surface area contributed by atoms with E-state index in [1.54, 1.807) is 17.0 Å². The molecule has 2 fully saturated rings. The van der Waals surface area contributed by atoms with Gasteiger partial charge in [-0.3, -0.25) is 19.3 Å². The fraction of sp³-hybridized carbons (Fsp3) is 0.258. The predicted molar refractivity (Wildman–Crippen MR) is 169 cm³/mol. The minimum absolute atomic E-state index is 0.227. The Morgan fingerprint density at radius 1 is 0.951 bits per heavy atom. The minimum Gasteiger partial charge on any atom is -0.490 e. The third-order valence-corrected chi connectivity index (χ3v) is 8.48. The highest BCUT2D eigenvalue weighted by Gasteiger charge is 2.37. The lowest BCUT2D eigenvalue weighted by molar-refractivity contribution is -0.136. The summed E-state index contributed by atoms with van der Waals surface area (Å²) in [6.07, 6.45) is 1.67. The van der Waals surface area contributed by atoms with Crippen molar-refractivity contribution < 1.29 is 23.9 Å². The highest BCUT2D eigenvalue weighted by atomic mass is 127. The quantitative estimate of drug-likeness (QED) is 0.213. The number of imide groups is 1. The second-order valence-corrected chi connectivity index (χ2v) is 11.7. The summed E-state index contributed by atoms with van der Waals surface area (Å²) in [5, 5.41) is -0.444. The molecule has 0 atom stereocenters. The van der Waals surface area contributed by atoms with Crippen LogP contribution in [-0.2, 0) is 16.2 Å². The van der Waals surface area contributed by atoms with Crippen LogP contribution in [0, 0.1) is 3.57 Å². The summed E-state index contributed by atoms with van der Waals surface area (Å²) in [7, 11) is 0. The maximum Gasteiger partial charge on any atom is 0.294 e. The number of halogens is 1. The van der Waals surface area contributed by atoms with E-state index in [2.05, 4.69) is 27.5 Å². The van der Waals surface area contributed by atoms with Gasteiger partial charge in [0, 0.05) is 31.9 Å². The normalized spacial score (nSPS) is 16.4. The maximum atomic E-state index is 13.2. The van der Waals surface area contributed by atoms with Crippen molar-refractivity contribution in [2.45, 2.75) is 13.5 Å². The molecule has 0 aliphatic carbocycles. The molecule has 0 bridgehead atoms. The molecule has 8 nitrogen and oxygen atoms in total. The lowest BCUT2D eigenvalue weighted by Gasteiger charge is -2.36.